The van der Waals surface area contributed by atoms with Gasteiger partial charge in [0.2, 0.25) is 5.91 Å². The summed E-state index contributed by atoms with van der Waals surface area (Å²) in [6, 6.07) is 6.16. The first-order chi connectivity index (χ1) is 15.3. The number of amides is 1. The molecule has 8 nitrogen and oxygen atoms in total. The van der Waals surface area contributed by atoms with Crippen LogP contribution in [0.4, 0.5) is 14.5 Å². The largest absolute Gasteiger partial charge is 0.495 e. The van der Waals surface area contributed by atoms with E-state index in [0.717, 1.165) is 0 Å². The molecule has 0 aliphatic heterocycles. The molecule has 1 N–H and O–H groups in total. The quantitative estimate of drug-likeness (QED) is 0.461. The molecule has 11 heteroatoms. The van der Waals surface area contributed by atoms with Gasteiger partial charge in [-0.1, -0.05) is 11.6 Å². The van der Waals surface area contributed by atoms with Gasteiger partial charge in [-0.25, -0.2) is 18.4 Å². The number of carbonyl (C=O) groups is 1. The number of ether oxygens (including phenoxy) is 1. The van der Waals surface area contributed by atoms with Crippen molar-refractivity contribution in [3.63, 3.8) is 0 Å². The van der Waals surface area contributed by atoms with Gasteiger partial charge in [-0.15, -0.1) is 0 Å². The van der Waals surface area contributed by atoms with Crippen LogP contribution >= 0.6 is 11.6 Å². The van der Waals surface area contributed by atoms with Gasteiger partial charge in [0, 0.05) is 30.1 Å². The summed E-state index contributed by atoms with van der Waals surface area (Å²) >= 11 is 6.10. The molecule has 3 aromatic heterocycles. The molecule has 0 fully saturated rings. The Bertz CT molecular complexity index is 1320. The molecule has 0 atom stereocenters. The molecule has 4 aromatic rings. The number of nitrogens with zero attached hydrogens (tertiary/aromatic N) is 5. The van der Waals surface area contributed by atoms with Gasteiger partial charge in [0.1, 0.15) is 12.3 Å². The van der Waals surface area contributed by atoms with Crippen LogP contribution in [0.3, 0.4) is 0 Å². The predicted octanol–water partition coefficient (Wildman–Crippen LogP) is 4.38. The molecular formula is C21H19ClF2N6O2. The first-order valence-electron chi connectivity index (χ1n) is 9.55. The molecule has 3 heterocycles. The van der Waals surface area contributed by atoms with Crippen LogP contribution in [-0.2, 0) is 18.4 Å². The van der Waals surface area contributed by atoms with Crippen molar-refractivity contribution in [2.24, 2.45) is 7.05 Å². The summed E-state index contributed by atoms with van der Waals surface area (Å²) in [5, 5.41) is 11.7. The minimum absolute atomic E-state index is 0.194. The monoisotopic (exact) mass is 460 g/mol. The zero-order valence-electron chi connectivity index (χ0n) is 17.4. The third-order valence-electron chi connectivity index (χ3n) is 4.87. The van der Waals surface area contributed by atoms with Crippen molar-refractivity contribution in [3.8, 4) is 17.0 Å². The Kier molecular flexibility index (Phi) is 5.79. The highest BCUT2D eigenvalue weighted by molar-refractivity contribution is 6.32. The SMILES string of the molecule is COc1ccc(NC(=O)Cn2nc(C)c3c(C(F)F)cc(-c4cnn(C)c4)nc32)cc1Cl. The highest BCUT2D eigenvalue weighted by Crippen LogP contribution is 2.33. The Morgan fingerprint density at radius 1 is 1.31 bits per heavy atom. The average molecular weight is 461 g/mol. The van der Waals surface area contributed by atoms with Crippen LogP contribution in [0.1, 0.15) is 17.7 Å². The molecule has 0 aliphatic carbocycles. The van der Waals surface area contributed by atoms with E-state index in [-0.39, 0.29) is 23.1 Å². The minimum Gasteiger partial charge on any atom is -0.495 e. The number of halogens is 3. The molecule has 0 bridgehead atoms. The van der Waals surface area contributed by atoms with Crippen molar-refractivity contribution < 1.29 is 18.3 Å². The summed E-state index contributed by atoms with van der Waals surface area (Å²) in [7, 11) is 3.21. The lowest BCUT2D eigenvalue weighted by Gasteiger charge is -2.09. The number of benzene rings is 1. The Balaban J connectivity index is 1.70. The first kappa shape index (κ1) is 21.7. The van der Waals surface area contributed by atoms with Crippen molar-refractivity contribution in [2.45, 2.75) is 19.9 Å². The number of anilines is 1. The molecule has 166 valence electrons. The lowest BCUT2D eigenvalue weighted by Crippen LogP contribution is -2.20. The fraction of sp³-hybridized carbons (Fsp3) is 0.238. The molecule has 0 saturated carbocycles. The van der Waals surface area contributed by atoms with Crippen LogP contribution in [0.5, 0.6) is 5.75 Å². The van der Waals surface area contributed by atoms with E-state index in [2.05, 4.69) is 20.5 Å². The van der Waals surface area contributed by atoms with Crippen LogP contribution in [0.2, 0.25) is 5.02 Å². The van der Waals surface area contributed by atoms with Crippen molar-refractivity contribution in [2.75, 3.05) is 12.4 Å². The smallest absolute Gasteiger partial charge is 0.264 e. The molecule has 32 heavy (non-hydrogen) atoms. The number of methoxy groups -OCH3 is 1. The lowest BCUT2D eigenvalue weighted by molar-refractivity contribution is -0.116. The fourth-order valence-electron chi connectivity index (χ4n) is 3.45. The summed E-state index contributed by atoms with van der Waals surface area (Å²) in [5.74, 6) is 0.0628. The van der Waals surface area contributed by atoms with E-state index in [1.807, 2.05) is 0 Å². The second-order valence-electron chi connectivity index (χ2n) is 7.14. The Labute approximate surface area is 186 Å². The van der Waals surface area contributed by atoms with E-state index in [1.165, 1.54) is 24.1 Å². The number of rotatable bonds is 6. The topological polar surface area (TPSA) is 86.9 Å². The molecule has 0 aliphatic rings. The van der Waals surface area contributed by atoms with E-state index >= 15 is 0 Å². The third-order valence-corrected chi connectivity index (χ3v) is 5.17. The van der Waals surface area contributed by atoms with Crippen molar-refractivity contribution in [1.82, 2.24) is 24.5 Å². The standard InChI is InChI=1S/C21H19ClF2N6O2/c1-11-19-14(20(23)24)7-16(12-8-25-29(2)9-12)27-21(19)30(28-11)10-18(31)26-13-4-5-17(32-3)15(22)6-13/h4-9,20H,10H2,1-3H3,(H,26,31). The molecule has 1 aromatic carbocycles. The number of carbonyl (C=O) groups excluding carboxylic acids is 1. The summed E-state index contributed by atoms with van der Waals surface area (Å²) in [5.41, 5.74) is 1.73. The number of aromatic nitrogens is 5. The summed E-state index contributed by atoms with van der Waals surface area (Å²) < 4.78 is 35.7. The highest BCUT2D eigenvalue weighted by atomic mass is 35.5. The van der Waals surface area contributed by atoms with Gasteiger partial charge in [-0.2, -0.15) is 10.2 Å². The van der Waals surface area contributed by atoms with Gasteiger partial charge in [0.25, 0.3) is 6.43 Å². The normalized spacial score (nSPS) is 11.3. The van der Waals surface area contributed by atoms with E-state index in [4.69, 9.17) is 16.3 Å². The maximum Gasteiger partial charge on any atom is 0.264 e. The van der Waals surface area contributed by atoms with E-state index in [1.54, 1.807) is 43.0 Å². The molecule has 0 spiro atoms. The molecule has 0 radical (unpaired) electrons. The average Bonchev–Trinajstić information content (AvgIpc) is 3.31. The number of aryl methyl sites for hydroxylation is 2. The predicted molar refractivity (Wildman–Crippen MR) is 116 cm³/mol. The number of pyridine rings is 1. The summed E-state index contributed by atoms with van der Waals surface area (Å²) in [4.78, 5) is 17.2. The van der Waals surface area contributed by atoms with Gasteiger partial charge in [-0.3, -0.25) is 9.48 Å². The van der Waals surface area contributed by atoms with E-state index in [0.29, 0.717) is 33.4 Å². The van der Waals surface area contributed by atoms with Crippen LogP contribution in [-0.4, -0.2) is 37.6 Å². The minimum atomic E-state index is -2.73. The fourth-order valence-corrected chi connectivity index (χ4v) is 3.71. The van der Waals surface area contributed by atoms with Gasteiger partial charge in [0.05, 0.1) is 35.1 Å². The Hall–Kier alpha value is -3.53. The van der Waals surface area contributed by atoms with Gasteiger partial charge in [-0.05, 0) is 31.2 Å². The zero-order chi connectivity index (χ0) is 23.0. The lowest BCUT2D eigenvalue weighted by atomic mass is 10.1. The third kappa shape index (κ3) is 4.13. The number of nitrogens with one attached hydrogen (secondary N) is 1. The van der Waals surface area contributed by atoms with Crippen LogP contribution in [0, 0.1) is 6.92 Å². The number of fused-ring (bicyclic) bond motifs is 1. The number of alkyl halides is 2. The Morgan fingerprint density at radius 3 is 2.72 bits per heavy atom. The molecule has 1 amide bonds. The second-order valence-corrected chi connectivity index (χ2v) is 7.55. The van der Waals surface area contributed by atoms with Crippen molar-refractivity contribution in [3.05, 3.63) is 52.9 Å². The summed E-state index contributed by atoms with van der Waals surface area (Å²) in [6.07, 6.45) is 0.483. The van der Waals surface area contributed by atoms with Crippen LogP contribution in [0.25, 0.3) is 22.3 Å². The number of hydrogen-bond acceptors (Lipinski definition) is 5. The van der Waals surface area contributed by atoms with Crippen molar-refractivity contribution >= 4 is 34.2 Å². The maximum atomic E-state index is 13.8. The van der Waals surface area contributed by atoms with Crippen LogP contribution < -0.4 is 10.1 Å². The summed E-state index contributed by atoms with van der Waals surface area (Å²) in [6.45, 7) is 1.39. The van der Waals surface area contributed by atoms with E-state index < -0.39 is 12.3 Å². The van der Waals surface area contributed by atoms with Crippen molar-refractivity contribution in [1.29, 1.82) is 0 Å². The maximum absolute atomic E-state index is 13.8. The van der Waals surface area contributed by atoms with Gasteiger partial charge < -0.3 is 10.1 Å². The first-order valence-corrected chi connectivity index (χ1v) is 9.93. The molecule has 4 rings (SSSR count). The highest BCUT2D eigenvalue weighted by Gasteiger charge is 2.22. The van der Waals surface area contributed by atoms with Gasteiger partial charge in [0.15, 0.2) is 5.65 Å². The van der Waals surface area contributed by atoms with Gasteiger partial charge >= 0.3 is 0 Å². The zero-order valence-corrected chi connectivity index (χ0v) is 18.2. The number of hydrogen-bond donors (Lipinski definition) is 1. The van der Waals surface area contributed by atoms with E-state index in [9.17, 15) is 13.6 Å². The molecule has 0 saturated heterocycles. The molecular weight excluding hydrogens is 442 g/mol. The van der Waals surface area contributed by atoms with Crippen LogP contribution in [0.15, 0.2) is 36.7 Å². The molecule has 0 unspecified atom stereocenters. The second kappa shape index (κ2) is 8.54. The Morgan fingerprint density at radius 2 is 2.09 bits per heavy atom.